The van der Waals surface area contributed by atoms with Crippen molar-refractivity contribution in [2.45, 2.75) is 45.6 Å². The molecule has 2 aromatic rings. The van der Waals surface area contributed by atoms with Gasteiger partial charge in [0.25, 0.3) is 0 Å². The predicted molar refractivity (Wildman–Crippen MR) is 136 cm³/mol. The summed E-state index contributed by atoms with van der Waals surface area (Å²) in [6, 6.07) is 5.98. The summed E-state index contributed by atoms with van der Waals surface area (Å²) < 4.78 is 16.9. The first-order chi connectivity index (χ1) is 16.9. The Morgan fingerprint density at radius 3 is 2.34 bits per heavy atom. The second kappa shape index (κ2) is 11.9. The maximum Gasteiger partial charge on any atom is 0.234 e. The summed E-state index contributed by atoms with van der Waals surface area (Å²) >= 11 is 0. The molecule has 190 valence electrons. The first kappa shape index (κ1) is 26.3. The Hall–Kier alpha value is -3.26. The molecule has 8 nitrogen and oxygen atoms in total. The zero-order valence-electron chi connectivity index (χ0n) is 21.3. The zero-order valence-corrected chi connectivity index (χ0v) is 21.3. The van der Waals surface area contributed by atoms with Crippen LogP contribution in [0.2, 0.25) is 0 Å². The highest BCUT2D eigenvalue weighted by molar-refractivity contribution is 5.84. The van der Waals surface area contributed by atoms with Crippen LogP contribution in [0.3, 0.4) is 0 Å². The number of carbonyl (C=O) groups excluding carboxylic acids is 1. The van der Waals surface area contributed by atoms with Crippen molar-refractivity contribution in [1.82, 2.24) is 10.2 Å². The van der Waals surface area contributed by atoms with Gasteiger partial charge in [0.2, 0.25) is 17.1 Å². The molecular weight excluding hydrogens is 448 g/mol. The minimum atomic E-state index is -0.507. The molecule has 3 rings (SSSR count). The number of amides is 1. The van der Waals surface area contributed by atoms with E-state index in [1.165, 1.54) is 12.1 Å². The number of aryl methyl sites for hydroxylation is 1. The van der Waals surface area contributed by atoms with Crippen molar-refractivity contribution in [3.8, 4) is 34.1 Å². The van der Waals surface area contributed by atoms with Crippen LogP contribution >= 0.6 is 0 Å². The Morgan fingerprint density at radius 1 is 1.06 bits per heavy atom. The van der Waals surface area contributed by atoms with E-state index in [1.807, 2.05) is 6.07 Å². The maximum absolute atomic E-state index is 13.1. The molecular formula is C27H36N2O6. The van der Waals surface area contributed by atoms with E-state index in [9.17, 15) is 14.7 Å². The lowest BCUT2D eigenvalue weighted by molar-refractivity contribution is -0.123. The summed E-state index contributed by atoms with van der Waals surface area (Å²) in [5, 5.41) is 13.3. The van der Waals surface area contributed by atoms with Gasteiger partial charge in [0.05, 0.1) is 33.9 Å². The van der Waals surface area contributed by atoms with Crippen LogP contribution in [-0.2, 0) is 11.2 Å². The van der Waals surface area contributed by atoms with Crippen molar-refractivity contribution in [3.05, 3.63) is 45.6 Å². The Kier molecular flexibility index (Phi) is 8.98. The van der Waals surface area contributed by atoms with Gasteiger partial charge in [-0.1, -0.05) is 19.9 Å². The van der Waals surface area contributed by atoms with E-state index in [2.05, 4.69) is 24.1 Å². The molecule has 2 aromatic carbocycles. The minimum absolute atomic E-state index is 0.0980. The molecule has 35 heavy (non-hydrogen) atoms. The molecule has 2 N–H and O–H groups in total. The number of methoxy groups -OCH3 is 3. The SMILES string of the molecule is CCCN(CCC)CC(=O)N[C@H]1CCc2cc(OC)c(OC)c(OC)c2-c2ccc(O)c(=O)cc21. The van der Waals surface area contributed by atoms with E-state index in [0.29, 0.717) is 47.8 Å². The summed E-state index contributed by atoms with van der Waals surface area (Å²) in [5.74, 6) is 0.996. The van der Waals surface area contributed by atoms with E-state index < -0.39 is 11.5 Å². The Morgan fingerprint density at radius 2 is 1.74 bits per heavy atom. The first-order valence-corrected chi connectivity index (χ1v) is 12.1. The van der Waals surface area contributed by atoms with Crippen LogP contribution in [0.5, 0.6) is 23.0 Å². The second-order valence-electron chi connectivity index (χ2n) is 8.71. The molecule has 0 heterocycles. The standard InChI is InChI=1S/C27H36N2O6/c1-6-12-29(13-7-2)16-24(32)28-20-10-8-17-14-23(33-3)26(34-4)27(35-5)25(17)18-9-11-21(30)22(31)15-19(18)20/h9,11,14-15,20H,6-8,10,12-13,16H2,1-5H3,(H,28,32)(H,30,31)/t20-/m0/s1. The van der Waals surface area contributed by atoms with E-state index in [1.54, 1.807) is 27.4 Å². The van der Waals surface area contributed by atoms with Crippen LogP contribution in [-0.4, -0.2) is 56.9 Å². The molecule has 1 aliphatic carbocycles. The molecule has 0 aliphatic heterocycles. The highest BCUT2D eigenvalue weighted by Crippen LogP contribution is 2.50. The summed E-state index contributed by atoms with van der Waals surface area (Å²) in [6.45, 7) is 6.17. The Labute approximate surface area is 206 Å². The van der Waals surface area contributed by atoms with E-state index in [-0.39, 0.29) is 11.7 Å². The number of benzene rings is 1. The molecule has 1 atom stereocenters. The van der Waals surface area contributed by atoms with Gasteiger partial charge in [-0.2, -0.15) is 0 Å². The van der Waals surface area contributed by atoms with Gasteiger partial charge in [0.15, 0.2) is 17.2 Å². The van der Waals surface area contributed by atoms with Gasteiger partial charge >= 0.3 is 0 Å². The lowest BCUT2D eigenvalue weighted by atomic mass is 9.95. The average molecular weight is 485 g/mol. The van der Waals surface area contributed by atoms with Crippen LogP contribution in [0.25, 0.3) is 11.1 Å². The molecule has 0 aromatic heterocycles. The maximum atomic E-state index is 13.1. The quantitative estimate of drug-likeness (QED) is 0.531. The molecule has 0 saturated carbocycles. The third kappa shape index (κ3) is 5.70. The van der Waals surface area contributed by atoms with E-state index in [4.69, 9.17) is 14.2 Å². The highest BCUT2D eigenvalue weighted by atomic mass is 16.5. The number of hydrogen-bond donors (Lipinski definition) is 2. The highest BCUT2D eigenvalue weighted by Gasteiger charge is 2.30. The Balaban J connectivity index is 2.13. The molecule has 8 heteroatoms. The van der Waals surface area contributed by atoms with Gasteiger partial charge in [-0.3, -0.25) is 14.5 Å². The van der Waals surface area contributed by atoms with Crippen molar-refractivity contribution in [1.29, 1.82) is 0 Å². The van der Waals surface area contributed by atoms with Gasteiger partial charge in [-0.25, -0.2) is 0 Å². The first-order valence-electron chi connectivity index (χ1n) is 12.1. The fourth-order valence-corrected chi connectivity index (χ4v) is 4.80. The van der Waals surface area contributed by atoms with Gasteiger partial charge in [0.1, 0.15) is 0 Å². The average Bonchev–Trinajstić information content (AvgIpc) is 3.07. The largest absolute Gasteiger partial charge is 0.504 e. The van der Waals surface area contributed by atoms with Gasteiger partial charge < -0.3 is 24.6 Å². The molecule has 0 saturated heterocycles. The molecule has 1 aliphatic rings. The normalized spacial score (nSPS) is 14.5. The van der Waals surface area contributed by atoms with Crippen molar-refractivity contribution in [3.63, 3.8) is 0 Å². The summed E-state index contributed by atoms with van der Waals surface area (Å²) in [7, 11) is 4.66. The fourth-order valence-electron chi connectivity index (χ4n) is 4.80. The van der Waals surface area contributed by atoms with Crippen LogP contribution in [0.4, 0.5) is 0 Å². The van der Waals surface area contributed by atoms with Crippen LogP contribution in [0, 0.1) is 0 Å². The monoisotopic (exact) mass is 484 g/mol. The van der Waals surface area contributed by atoms with Crippen molar-refractivity contribution >= 4 is 5.91 Å². The number of nitrogens with zero attached hydrogens (tertiary/aromatic N) is 1. The van der Waals surface area contributed by atoms with Crippen molar-refractivity contribution < 1.29 is 24.1 Å². The van der Waals surface area contributed by atoms with Crippen molar-refractivity contribution in [2.24, 2.45) is 0 Å². The summed E-state index contributed by atoms with van der Waals surface area (Å²) in [4.78, 5) is 27.8. The van der Waals surface area contributed by atoms with E-state index >= 15 is 0 Å². The molecule has 0 unspecified atom stereocenters. The predicted octanol–water partition coefficient (Wildman–Crippen LogP) is 3.67. The van der Waals surface area contributed by atoms with Crippen LogP contribution in [0.1, 0.15) is 50.3 Å². The number of ether oxygens (including phenoxy) is 3. The molecule has 0 fully saturated rings. The van der Waals surface area contributed by atoms with Gasteiger partial charge in [-0.15, -0.1) is 0 Å². The number of nitrogens with one attached hydrogen (secondary N) is 1. The number of rotatable bonds is 10. The Bertz CT molecular complexity index is 1110. The number of carbonyl (C=O) groups is 1. The van der Waals surface area contributed by atoms with Gasteiger partial charge in [0, 0.05) is 5.56 Å². The zero-order chi connectivity index (χ0) is 25.5. The lowest BCUT2D eigenvalue weighted by Gasteiger charge is -2.23. The smallest absolute Gasteiger partial charge is 0.234 e. The molecule has 1 amide bonds. The lowest BCUT2D eigenvalue weighted by Crippen LogP contribution is -2.39. The minimum Gasteiger partial charge on any atom is -0.504 e. The fraction of sp³-hybridized carbons (Fsp3) is 0.481. The van der Waals surface area contributed by atoms with Crippen LogP contribution < -0.4 is 25.0 Å². The van der Waals surface area contributed by atoms with E-state index in [0.717, 1.165) is 37.1 Å². The number of hydrogen-bond acceptors (Lipinski definition) is 7. The molecule has 0 bridgehead atoms. The number of aromatic hydroxyl groups is 1. The topological polar surface area (TPSA) is 97.3 Å². The number of fused-ring (bicyclic) bond motifs is 3. The third-order valence-corrected chi connectivity index (χ3v) is 6.30. The van der Waals surface area contributed by atoms with Crippen molar-refractivity contribution in [2.75, 3.05) is 41.0 Å². The summed E-state index contributed by atoms with van der Waals surface area (Å²) in [6.07, 6.45) is 3.11. The summed E-state index contributed by atoms with van der Waals surface area (Å²) in [5.41, 5.74) is 2.51. The molecule has 0 radical (unpaired) electrons. The van der Waals surface area contributed by atoms with Crippen LogP contribution in [0.15, 0.2) is 29.1 Å². The molecule has 0 spiro atoms. The van der Waals surface area contributed by atoms with Gasteiger partial charge in [-0.05, 0) is 73.7 Å². The third-order valence-electron chi connectivity index (χ3n) is 6.30. The second-order valence-corrected chi connectivity index (χ2v) is 8.71.